The number of fused-ring (bicyclic) bond motifs is 1. The van der Waals surface area contributed by atoms with E-state index in [0.29, 0.717) is 0 Å². The Morgan fingerprint density at radius 1 is 1.07 bits per heavy atom. The Bertz CT molecular complexity index is 1010. The highest BCUT2D eigenvalue weighted by atomic mass is 16.1. The van der Waals surface area contributed by atoms with Crippen LogP contribution in [0.2, 0.25) is 0 Å². The van der Waals surface area contributed by atoms with Crippen LogP contribution in [0.5, 0.6) is 0 Å². The number of Topliss-reactive ketones (excluding diaryl/α,β-unsaturated/α-hetero) is 1. The second-order valence-electron chi connectivity index (χ2n) is 7.75. The summed E-state index contributed by atoms with van der Waals surface area (Å²) in [5, 5.41) is 3.52. The Labute approximate surface area is 172 Å². The van der Waals surface area contributed by atoms with E-state index in [1.807, 2.05) is 55.7 Å². The minimum Gasteiger partial charge on any atom is -0.303 e. The van der Waals surface area contributed by atoms with Crippen molar-refractivity contribution in [3.05, 3.63) is 107 Å². The number of ketones is 1. The number of nitrogens with zero attached hydrogens (tertiary/aromatic N) is 1. The van der Waals surface area contributed by atoms with Gasteiger partial charge < -0.3 is 5.32 Å². The molecule has 2 aromatic rings. The first-order valence-corrected chi connectivity index (χ1v) is 10.2. The summed E-state index contributed by atoms with van der Waals surface area (Å²) in [6, 6.07) is 18.4. The molecule has 2 aromatic carbocycles. The standard InChI is InChI=1S/C26H27N2O/c1-19-12-14-20(15-13-19)16-17-27-25(21-8-4-3-5-9-21)26(29)23-18-28(2)24-11-7-6-10-22(23)24/h3-15,18,24-25,27H,16-17H2,1-2H3/q+1/t24?,25-/m0/s1. The van der Waals surface area contributed by atoms with Crippen LogP contribution in [0.25, 0.3) is 0 Å². The molecule has 4 rings (SSSR count). The first-order valence-electron chi connectivity index (χ1n) is 10.2. The van der Waals surface area contributed by atoms with Crippen LogP contribution in [0.1, 0.15) is 22.7 Å². The van der Waals surface area contributed by atoms with Gasteiger partial charge in [0.25, 0.3) is 0 Å². The van der Waals surface area contributed by atoms with Gasteiger partial charge in [0.05, 0.1) is 11.6 Å². The van der Waals surface area contributed by atoms with Gasteiger partial charge in [-0.25, -0.2) is 4.58 Å². The molecule has 2 atom stereocenters. The van der Waals surface area contributed by atoms with Crippen molar-refractivity contribution in [1.29, 1.82) is 0 Å². The number of allylic oxidation sites excluding steroid dienone is 2. The molecule has 0 amide bonds. The molecule has 0 saturated heterocycles. The fourth-order valence-electron chi connectivity index (χ4n) is 3.98. The zero-order chi connectivity index (χ0) is 20.2. The van der Waals surface area contributed by atoms with Crippen molar-refractivity contribution >= 4 is 12.0 Å². The number of benzene rings is 2. The summed E-state index contributed by atoms with van der Waals surface area (Å²) in [6.07, 6.45) is 11.1. The zero-order valence-electron chi connectivity index (χ0n) is 17.0. The lowest BCUT2D eigenvalue weighted by Gasteiger charge is -2.18. The van der Waals surface area contributed by atoms with Gasteiger partial charge in [-0.2, -0.15) is 0 Å². The first-order chi connectivity index (χ1) is 14.1. The maximum Gasteiger partial charge on any atom is 0.197 e. The van der Waals surface area contributed by atoms with E-state index >= 15 is 0 Å². The largest absolute Gasteiger partial charge is 0.303 e. The Kier molecular flexibility index (Phi) is 5.68. The molecule has 3 heteroatoms. The molecule has 0 saturated carbocycles. The van der Waals surface area contributed by atoms with E-state index in [-0.39, 0.29) is 17.9 Å². The Morgan fingerprint density at radius 2 is 1.83 bits per heavy atom. The maximum atomic E-state index is 13.6. The smallest absolute Gasteiger partial charge is 0.197 e. The fourth-order valence-corrected chi connectivity index (χ4v) is 3.98. The van der Waals surface area contributed by atoms with E-state index in [2.05, 4.69) is 53.2 Å². The molecule has 0 fully saturated rings. The van der Waals surface area contributed by atoms with Gasteiger partial charge in [-0.15, -0.1) is 0 Å². The number of aryl methyl sites for hydroxylation is 1. The van der Waals surface area contributed by atoms with Gasteiger partial charge in [-0.1, -0.05) is 78.4 Å². The predicted octanol–water partition coefficient (Wildman–Crippen LogP) is 3.96. The summed E-state index contributed by atoms with van der Waals surface area (Å²) in [6.45, 7) is 2.84. The predicted molar refractivity (Wildman–Crippen MR) is 118 cm³/mol. The summed E-state index contributed by atoms with van der Waals surface area (Å²) in [4.78, 5) is 13.6. The molecule has 1 aliphatic heterocycles. The lowest BCUT2D eigenvalue weighted by molar-refractivity contribution is -0.506. The Balaban J connectivity index is 1.56. The lowest BCUT2D eigenvalue weighted by atomic mass is 9.92. The van der Waals surface area contributed by atoms with Gasteiger partial charge in [0, 0.05) is 12.1 Å². The molecular weight excluding hydrogens is 356 g/mol. The normalized spacial score (nSPS) is 18.6. The van der Waals surface area contributed by atoms with Gasteiger partial charge >= 0.3 is 0 Å². The van der Waals surface area contributed by atoms with Crippen LogP contribution in [0.15, 0.2) is 90.0 Å². The summed E-state index contributed by atoms with van der Waals surface area (Å²) >= 11 is 0. The summed E-state index contributed by atoms with van der Waals surface area (Å²) in [5.41, 5.74) is 5.43. The van der Waals surface area contributed by atoms with E-state index in [4.69, 9.17) is 0 Å². The van der Waals surface area contributed by atoms with E-state index in [9.17, 15) is 4.79 Å². The minimum atomic E-state index is -0.355. The number of rotatable bonds is 7. The van der Waals surface area contributed by atoms with Crippen LogP contribution in [0, 0.1) is 6.92 Å². The molecule has 1 N–H and O–H groups in total. The van der Waals surface area contributed by atoms with Crippen LogP contribution in [0.3, 0.4) is 0 Å². The first kappa shape index (κ1) is 19.3. The van der Waals surface area contributed by atoms with Crippen LogP contribution in [0.4, 0.5) is 0 Å². The molecule has 0 spiro atoms. The third kappa shape index (κ3) is 4.20. The lowest BCUT2D eigenvalue weighted by Crippen LogP contribution is -2.32. The number of carbonyl (C=O) groups excluding carboxylic acids is 1. The molecule has 1 aliphatic carbocycles. The van der Waals surface area contributed by atoms with Crippen molar-refractivity contribution in [2.24, 2.45) is 0 Å². The SMILES string of the molecule is Cc1ccc(CCN[C@H](C(=O)C2=C3C=CC=CC3[N+](C)=C2)c2ccccc2)cc1. The van der Waals surface area contributed by atoms with E-state index in [0.717, 1.165) is 29.7 Å². The monoisotopic (exact) mass is 383 g/mol. The molecular formula is C26H27N2O+. The van der Waals surface area contributed by atoms with Crippen molar-refractivity contribution in [3.8, 4) is 0 Å². The fraction of sp³-hybridized carbons (Fsp3) is 0.231. The van der Waals surface area contributed by atoms with E-state index < -0.39 is 0 Å². The zero-order valence-corrected chi connectivity index (χ0v) is 17.0. The quantitative estimate of drug-likeness (QED) is 0.734. The molecule has 0 bridgehead atoms. The molecule has 0 aromatic heterocycles. The number of nitrogens with one attached hydrogen (secondary N) is 1. The third-order valence-corrected chi connectivity index (χ3v) is 5.62. The van der Waals surface area contributed by atoms with Crippen LogP contribution >= 0.6 is 0 Å². The highest BCUT2D eigenvalue weighted by Crippen LogP contribution is 2.27. The van der Waals surface area contributed by atoms with Crippen molar-refractivity contribution in [3.63, 3.8) is 0 Å². The van der Waals surface area contributed by atoms with Crippen LogP contribution < -0.4 is 5.32 Å². The average molecular weight is 384 g/mol. The minimum absolute atomic E-state index is 0.129. The summed E-state index contributed by atoms with van der Waals surface area (Å²) in [5.74, 6) is 0.129. The van der Waals surface area contributed by atoms with Crippen LogP contribution in [-0.4, -0.2) is 36.2 Å². The molecule has 2 aliphatic rings. The topological polar surface area (TPSA) is 32.1 Å². The number of hydrogen-bond acceptors (Lipinski definition) is 2. The third-order valence-electron chi connectivity index (χ3n) is 5.62. The molecule has 29 heavy (non-hydrogen) atoms. The number of likely N-dealkylation sites (N-methyl/N-ethyl adjacent to an activating group) is 1. The number of carbonyl (C=O) groups is 1. The van der Waals surface area contributed by atoms with Crippen molar-refractivity contribution < 1.29 is 9.37 Å². The highest BCUT2D eigenvalue weighted by molar-refractivity contribution is 6.16. The average Bonchev–Trinajstić information content (AvgIpc) is 3.10. The molecule has 1 heterocycles. The second kappa shape index (κ2) is 8.54. The molecule has 3 nitrogen and oxygen atoms in total. The Hall–Kier alpha value is -3.04. The Morgan fingerprint density at radius 3 is 2.59 bits per heavy atom. The van der Waals surface area contributed by atoms with Gasteiger partial charge in [0.15, 0.2) is 18.0 Å². The molecule has 0 radical (unpaired) electrons. The molecule has 1 unspecified atom stereocenters. The van der Waals surface area contributed by atoms with Gasteiger partial charge in [-0.05, 0) is 30.5 Å². The van der Waals surface area contributed by atoms with Gasteiger partial charge in [0.2, 0.25) is 0 Å². The van der Waals surface area contributed by atoms with E-state index in [1.54, 1.807) is 0 Å². The summed E-state index contributed by atoms with van der Waals surface area (Å²) in [7, 11) is 2.02. The van der Waals surface area contributed by atoms with Crippen LogP contribution in [-0.2, 0) is 11.2 Å². The second-order valence-corrected chi connectivity index (χ2v) is 7.75. The summed E-state index contributed by atoms with van der Waals surface area (Å²) < 4.78 is 2.11. The van der Waals surface area contributed by atoms with Crippen molar-refractivity contribution in [1.82, 2.24) is 5.32 Å². The van der Waals surface area contributed by atoms with Gasteiger partial charge in [0.1, 0.15) is 7.05 Å². The maximum absolute atomic E-state index is 13.6. The number of hydrogen-bond donors (Lipinski definition) is 1. The van der Waals surface area contributed by atoms with Crippen molar-refractivity contribution in [2.75, 3.05) is 13.6 Å². The van der Waals surface area contributed by atoms with E-state index in [1.165, 1.54) is 11.1 Å². The van der Waals surface area contributed by atoms with Crippen molar-refractivity contribution in [2.45, 2.75) is 25.4 Å². The van der Waals surface area contributed by atoms with Gasteiger partial charge in [-0.3, -0.25) is 4.79 Å². The highest BCUT2D eigenvalue weighted by Gasteiger charge is 2.36. The molecule has 146 valence electrons.